The molecule has 0 radical (unpaired) electrons. The molecule has 2 aromatic rings. The average Bonchev–Trinajstić information content (AvgIpc) is 2.57. The van der Waals surface area contributed by atoms with E-state index in [0.29, 0.717) is 18.7 Å². The lowest BCUT2D eigenvalue weighted by atomic mass is 10.1. The Kier molecular flexibility index (Phi) is 6.14. The van der Waals surface area contributed by atoms with Gasteiger partial charge in [-0.05, 0) is 36.8 Å². The van der Waals surface area contributed by atoms with Crippen molar-refractivity contribution in [3.05, 3.63) is 59.7 Å². The summed E-state index contributed by atoms with van der Waals surface area (Å²) in [6, 6.07) is 14.7. The number of hydrogen-bond donors (Lipinski definition) is 3. The number of aliphatic hydroxyl groups is 2. The molecule has 0 aromatic heterocycles. The van der Waals surface area contributed by atoms with Gasteiger partial charge < -0.3 is 20.4 Å². The SMILES string of the molecule is Cc1ccc(N(CCO)CCO)cc1NC(=O)c1ccccc1. The van der Waals surface area contributed by atoms with Crippen LogP contribution in [0.3, 0.4) is 0 Å². The monoisotopic (exact) mass is 314 g/mol. The highest BCUT2D eigenvalue weighted by atomic mass is 16.3. The van der Waals surface area contributed by atoms with Crippen LogP contribution in [0.25, 0.3) is 0 Å². The van der Waals surface area contributed by atoms with Crippen LogP contribution in [0, 0.1) is 6.92 Å². The fourth-order valence-corrected chi connectivity index (χ4v) is 2.34. The topological polar surface area (TPSA) is 72.8 Å². The largest absolute Gasteiger partial charge is 0.395 e. The predicted molar refractivity (Wildman–Crippen MR) is 92.0 cm³/mol. The maximum atomic E-state index is 12.3. The Morgan fingerprint density at radius 2 is 1.70 bits per heavy atom. The van der Waals surface area contributed by atoms with E-state index in [2.05, 4.69) is 5.32 Å². The number of rotatable bonds is 7. The molecule has 0 atom stereocenters. The second-order valence-corrected chi connectivity index (χ2v) is 5.25. The van der Waals surface area contributed by atoms with Crippen molar-refractivity contribution in [2.75, 3.05) is 36.5 Å². The van der Waals surface area contributed by atoms with E-state index in [9.17, 15) is 4.79 Å². The van der Waals surface area contributed by atoms with Gasteiger partial charge in [0.15, 0.2) is 0 Å². The molecule has 0 unspecified atom stereocenters. The Bertz CT molecular complexity index is 638. The maximum absolute atomic E-state index is 12.3. The summed E-state index contributed by atoms with van der Waals surface area (Å²) in [5, 5.41) is 21.2. The third-order valence-electron chi connectivity index (χ3n) is 3.61. The smallest absolute Gasteiger partial charge is 0.255 e. The second-order valence-electron chi connectivity index (χ2n) is 5.25. The Balaban J connectivity index is 2.21. The molecule has 3 N–H and O–H groups in total. The molecule has 5 heteroatoms. The van der Waals surface area contributed by atoms with Gasteiger partial charge in [0.2, 0.25) is 0 Å². The van der Waals surface area contributed by atoms with Crippen LogP contribution in [0.4, 0.5) is 11.4 Å². The van der Waals surface area contributed by atoms with Crippen molar-refractivity contribution < 1.29 is 15.0 Å². The molecule has 0 aliphatic heterocycles. The number of aryl methyl sites for hydroxylation is 1. The Morgan fingerprint density at radius 3 is 2.30 bits per heavy atom. The van der Waals surface area contributed by atoms with Gasteiger partial charge in [0.25, 0.3) is 5.91 Å². The van der Waals surface area contributed by atoms with E-state index in [1.54, 1.807) is 12.1 Å². The van der Waals surface area contributed by atoms with Crippen LogP contribution in [0.2, 0.25) is 0 Å². The molecule has 1 amide bonds. The van der Waals surface area contributed by atoms with Gasteiger partial charge in [0.05, 0.1) is 13.2 Å². The fraction of sp³-hybridized carbons (Fsp3) is 0.278. The molecule has 0 saturated heterocycles. The minimum atomic E-state index is -0.165. The third kappa shape index (κ3) is 4.55. The summed E-state index contributed by atoms with van der Waals surface area (Å²) in [5.74, 6) is -0.165. The standard InChI is InChI=1S/C18H22N2O3/c1-14-7-8-16(20(9-11-21)10-12-22)13-17(14)19-18(23)15-5-3-2-4-6-15/h2-8,13,21-22H,9-12H2,1H3,(H,19,23). The van der Waals surface area contributed by atoms with Crippen LogP contribution in [-0.4, -0.2) is 42.4 Å². The normalized spacial score (nSPS) is 10.4. The molecule has 0 fully saturated rings. The summed E-state index contributed by atoms with van der Waals surface area (Å²) in [7, 11) is 0. The Morgan fingerprint density at radius 1 is 1.04 bits per heavy atom. The van der Waals surface area contributed by atoms with Crippen molar-refractivity contribution in [3.8, 4) is 0 Å². The molecular formula is C18H22N2O3. The molecule has 0 aliphatic carbocycles. The van der Waals surface area contributed by atoms with Gasteiger partial charge in [-0.1, -0.05) is 24.3 Å². The molecule has 0 aliphatic rings. The van der Waals surface area contributed by atoms with Gasteiger partial charge in [-0.3, -0.25) is 4.79 Å². The number of nitrogens with zero attached hydrogens (tertiary/aromatic N) is 1. The van der Waals surface area contributed by atoms with Crippen molar-refractivity contribution in [2.45, 2.75) is 6.92 Å². The van der Waals surface area contributed by atoms with E-state index in [4.69, 9.17) is 10.2 Å². The summed E-state index contributed by atoms with van der Waals surface area (Å²) in [5.41, 5.74) is 3.12. The number of nitrogens with one attached hydrogen (secondary N) is 1. The molecule has 0 bridgehead atoms. The number of amides is 1. The number of anilines is 2. The van der Waals surface area contributed by atoms with E-state index < -0.39 is 0 Å². The first kappa shape index (κ1) is 17.0. The molecule has 2 rings (SSSR count). The molecule has 23 heavy (non-hydrogen) atoms. The number of hydrogen-bond acceptors (Lipinski definition) is 4. The zero-order valence-corrected chi connectivity index (χ0v) is 13.2. The van der Waals surface area contributed by atoms with E-state index in [-0.39, 0.29) is 19.1 Å². The lowest BCUT2D eigenvalue weighted by Gasteiger charge is -2.24. The van der Waals surface area contributed by atoms with Crippen molar-refractivity contribution in [3.63, 3.8) is 0 Å². The zero-order valence-electron chi connectivity index (χ0n) is 13.2. The molecule has 0 saturated carbocycles. The Hall–Kier alpha value is -2.37. The first-order valence-corrected chi connectivity index (χ1v) is 7.59. The maximum Gasteiger partial charge on any atom is 0.255 e. The molecule has 122 valence electrons. The van der Waals surface area contributed by atoms with Crippen molar-refractivity contribution >= 4 is 17.3 Å². The number of benzene rings is 2. The van der Waals surface area contributed by atoms with Gasteiger partial charge in [-0.2, -0.15) is 0 Å². The lowest BCUT2D eigenvalue weighted by molar-refractivity contribution is 0.102. The highest BCUT2D eigenvalue weighted by Crippen LogP contribution is 2.24. The quantitative estimate of drug-likeness (QED) is 0.731. The van der Waals surface area contributed by atoms with Crippen LogP contribution in [0.1, 0.15) is 15.9 Å². The van der Waals surface area contributed by atoms with Gasteiger partial charge in [0.1, 0.15) is 0 Å². The minimum Gasteiger partial charge on any atom is -0.395 e. The van der Waals surface area contributed by atoms with Crippen LogP contribution >= 0.6 is 0 Å². The summed E-state index contributed by atoms with van der Waals surface area (Å²) in [6.07, 6.45) is 0. The van der Waals surface area contributed by atoms with Gasteiger partial charge >= 0.3 is 0 Å². The van der Waals surface area contributed by atoms with Crippen LogP contribution in [0.5, 0.6) is 0 Å². The summed E-state index contributed by atoms with van der Waals surface area (Å²) in [6.45, 7) is 2.78. The molecule has 2 aromatic carbocycles. The van der Waals surface area contributed by atoms with Crippen molar-refractivity contribution in [1.29, 1.82) is 0 Å². The highest BCUT2D eigenvalue weighted by molar-refractivity contribution is 6.04. The summed E-state index contributed by atoms with van der Waals surface area (Å²) < 4.78 is 0. The third-order valence-corrected chi connectivity index (χ3v) is 3.61. The van der Waals surface area contributed by atoms with Crippen molar-refractivity contribution in [1.82, 2.24) is 0 Å². The van der Waals surface area contributed by atoms with E-state index in [1.807, 2.05) is 48.2 Å². The number of aliphatic hydroxyl groups excluding tert-OH is 2. The van der Waals surface area contributed by atoms with Gasteiger partial charge in [-0.25, -0.2) is 0 Å². The summed E-state index contributed by atoms with van der Waals surface area (Å²) >= 11 is 0. The first-order valence-electron chi connectivity index (χ1n) is 7.59. The second kappa shape index (κ2) is 8.31. The van der Waals surface area contributed by atoms with E-state index >= 15 is 0 Å². The number of carbonyl (C=O) groups is 1. The van der Waals surface area contributed by atoms with Crippen LogP contribution in [0.15, 0.2) is 48.5 Å². The Labute approximate surface area is 136 Å². The van der Waals surface area contributed by atoms with Crippen LogP contribution < -0.4 is 10.2 Å². The van der Waals surface area contributed by atoms with Crippen molar-refractivity contribution in [2.24, 2.45) is 0 Å². The predicted octanol–water partition coefficient (Wildman–Crippen LogP) is 2.04. The molecule has 5 nitrogen and oxygen atoms in total. The van der Waals surface area contributed by atoms with Gasteiger partial charge in [0, 0.05) is 30.0 Å². The van der Waals surface area contributed by atoms with E-state index in [0.717, 1.165) is 16.9 Å². The van der Waals surface area contributed by atoms with Crippen LogP contribution in [-0.2, 0) is 0 Å². The average molecular weight is 314 g/mol. The summed E-state index contributed by atoms with van der Waals surface area (Å²) in [4.78, 5) is 14.2. The minimum absolute atomic E-state index is 0.000412. The highest BCUT2D eigenvalue weighted by Gasteiger charge is 2.11. The molecule has 0 heterocycles. The van der Waals surface area contributed by atoms with E-state index in [1.165, 1.54) is 0 Å². The first-order chi connectivity index (χ1) is 11.2. The molecular weight excluding hydrogens is 292 g/mol. The fourth-order valence-electron chi connectivity index (χ4n) is 2.34. The number of carbonyl (C=O) groups excluding carboxylic acids is 1. The molecule has 0 spiro atoms. The van der Waals surface area contributed by atoms with Gasteiger partial charge in [-0.15, -0.1) is 0 Å². The lowest BCUT2D eigenvalue weighted by Crippen LogP contribution is -2.29. The zero-order chi connectivity index (χ0) is 16.7.